The Morgan fingerprint density at radius 3 is 2.44 bits per heavy atom. The smallest absolute Gasteiger partial charge is 0.200 e. The van der Waals surface area contributed by atoms with Crippen LogP contribution in [0.25, 0.3) is 21.9 Å². The van der Waals surface area contributed by atoms with Crippen molar-refractivity contribution in [2.24, 2.45) is 0 Å². The van der Waals surface area contributed by atoms with E-state index in [0.717, 1.165) is 11.1 Å². The van der Waals surface area contributed by atoms with E-state index in [4.69, 9.17) is 4.42 Å². The first-order valence-corrected chi connectivity index (χ1v) is 6.13. The van der Waals surface area contributed by atoms with Gasteiger partial charge in [0.05, 0.1) is 10.8 Å². The number of para-hydroxylation sites is 2. The van der Waals surface area contributed by atoms with E-state index in [1.54, 1.807) is 0 Å². The van der Waals surface area contributed by atoms with E-state index in [-0.39, 0.29) is 5.43 Å². The van der Waals surface area contributed by atoms with E-state index >= 15 is 0 Å². The Bertz CT molecular complexity index is 782. The Morgan fingerprint density at radius 1 is 0.944 bits per heavy atom. The quantitative estimate of drug-likeness (QED) is 0.598. The minimum absolute atomic E-state index is 0.0503. The summed E-state index contributed by atoms with van der Waals surface area (Å²) in [6, 6.07) is 13.2. The summed E-state index contributed by atoms with van der Waals surface area (Å²) in [6.07, 6.45) is 0. The molecule has 1 aromatic heterocycles. The first-order chi connectivity index (χ1) is 8.68. The first-order valence-electron chi connectivity index (χ1n) is 6.13. The largest absolute Gasteiger partial charge is 0.456 e. The van der Waals surface area contributed by atoms with Crippen molar-refractivity contribution < 1.29 is 4.42 Å². The molecule has 2 heteroatoms. The second-order valence-corrected chi connectivity index (χ2v) is 4.81. The number of hydrogen-bond acceptors (Lipinski definition) is 2. The molecule has 0 fully saturated rings. The summed E-state index contributed by atoms with van der Waals surface area (Å²) in [7, 11) is 0. The van der Waals surface area contributed by atoms with Crippen LogP contribution in [-0.4, -0.2) is 0 Å². The van der Waals surface area contributed by atoms with Crippen LogP contribution >= 0.6 is 0 Å². The molecule has 2 nitrogen and oxygen atoms in total. The number of fused-ring (bicyclic) bond motifs is 2. The van der Waals surface area contributed by atoms with E-state index in [9.17, 15) is 4.79 Å². The molecule has 3 rings (SSSR count). The Hall–Kier alpha value is -2.09. The molecule has 0 saturated heterocycles. The fourth-order valence-corrected chi connectivity index (χ4v) is 2.30. The van der Waals surface area contributed by atoms with Crippen LogP contribution in [0, 0.1) is 0 Å². The summed E-state index contributed by atoms with van der Waals surface area (Å²) >= 11 is 0. The monoisotopic (exact) mass is 238 g/mol. The third-order valence-electron chi connectivity index (χ3n) is 3.26. The van der Waals surface area contributed by atoms with Crippen molar-refractivity contribution in [3.05, 3.63) is 58.3 Å². The van der Waals surface area contributed by atoms with Gasteiger partial charge in [-0.2, -0.15) is 0 Å². The summed E-state index contributed by atoms with van der Waals surface area (Å²) < 4.78 is 5.92. The molecule has 0 radical (unpaired) electrons. The van der Waals surface area contributed by atoms with Crippen molar-refractivity contribution in [1.29, 1.82) is 0 Å². The minimum atomic E-state index is 0.0503. The molecular weight excluding hydrogens is 224 g/mol. The van der Waals surface area contributed by atoms with Gasteiger partial charge in [-0.15, -0.1) is 0 Å². The first kappa shape index (κ1) is 11.0. The maximum Gasteiger partial charge on any atom is 0.200 e. The molecule has 0 N–H and O–H groups in total. The lowest BCUT2D eigenvalue weighted by Gasteiger charge is -2.09. The number of hydrogen-bond donors (Lipinski definition) is 0. The van der Waals surface area contributed by atoms with E-state index in [0.29, 0.717) is 22.3 Å². The van der Waals surface area contributed by atoms with Crippen LogP contribution in [0.3, 0.4) is 0 Å². The van der Waals surface area contributed by atoms with Crippen LogP contribution in [0.1, 0.15) is 25.3 Å². The zero-order valence-electron chi connectivity index (χ0n) is 10.4. The lowest BCUT2D eigenvalue weighted by Crippen LogP contribution is -2.03. The Morgan fingerprint density at radius 2 is 1.67 bits per heavy atom. The Balaban J connectivity index is 2.56. The summed E-state index contributed by atoms with van der Waals surface area (Å²) in [5, 5.41) is 1.31. The van der Waals surface area contributed by atoms with Gasteiger partial charge in [-0.25, -0.2) is 0 Å². The van der Waals surface area contributed by atoms with Crippen molar-refractivity contribution in [2.75, 3.05) is 0 Å². The van der Waals surface area contributed by atoms with Crippen molar-refractivity contribution >= 4 is 21.9 Å². The van der Waals surface area contributed by atoms with Gasteiger partial charge >= 0.3 is 0 Å². The summed E-state index contributed by atoms with van der Waals surface area (Å²) in [5.74, 6) is 0.331. The van der Waals surface area contributed by atoms with Gasteiger partial charge in [0.1, 0.15) is 11.2 Å². The van der Waals surface area contributed by atoms with Crippen molar-refractivity contribution in [2.45, 2.75) is 19.8 Å². The third kappa shape index (κ3) is 1.53. The Kier molecular flexibility index (Phi) is 2.44. The summed E-state index contributed by atoms with van der Waals surface area (Å²) in [6.45, 7) is 4.20. The molecule has 90 valence electrons. The van der Waals surface area contributed by atoms with Gasteiger partial charge in [-0.1, -0.05) is 38.1 Å². The van der Waals surface area contributed by atoms with Gasteiger partial charge in [0.25, 0.3) is 0 Å². The molecule has 2 aromatic carbocycles. The highest BCUT2D eigenvalue weighted by Crippen LogP contribution is 2.26. The zero-order chi connectivity index (χ0) is 12.7. The van der Waals surface area contributed by atoms with Gasteiger partial charge < -0.3 is 4.42 Å². The van der Waals surface area contributed by atoms with Crippen molar-refractivity contribution in [1.82, 2.24) is 0 Å². The predicted molar refractivity (Wildman–Crippen MR) is 74.1 cm³/mol. The van der Waals surface area contributed by atoms with E-state index in [1.807, 2.05) is 42.5 Å². The molecule has 18 heavy (non-hydrogen) atoms. The molecule has 0 aliphatic rings. The molecule has 3 aromatic rings. The van der Waals surface area contributed by atoms with Gasteiger partial charge in [-0.3, -0.25) is 4.79 Å². The lowest BCUT2D eigenvalue weighted by molar-refractivity contribution is 0.648. The van der Waals surface area contributed by atoms with E-state index in [2.05, 4.69) is 13.8 Å². The molecule has 0 bridgehead atoms. The summed E-state index contributed by atoms with van der Waals surface area (Å²) in [5.41, 5.74) is 2.50. The topological polar surface area (TPSA) is 30.2 Å². The van der Waals surface area contributed by atoms with Gasteiger partial charge in [-0.05, 0) is 29.7 Å². The second-order valence-electron chi connectivity index (χ2n) is 4.81. The molecular formula is C16H14O2. The van der Waals surface area contributed by atoms with E-state index < -0.39 is 0 Å². The SMILES string of the molecule is CC(C)c1cccc2c(=O)c3ccccc3oc12. The molecule has 0 saturated carbocycles. The minimum Gasteiger partial charge on any atom is -0.456 e. The molecule has 1 heterocycles. The highest BCUT2D eigenvalue weighted by molar-refractivity contribution is 5.91. The molecule has 0 aliphatic carbocycles. The molecule has 0 amide bonds. The fraction of sp³-hybridized carbons (Fsp3) is 0.188. The normalized spacial score (nSPS) is 11.5. The third-order valence-corrected chi connectivity index (χ3v) is 3.26. The Labute approximate surface area is 105 Å². The maximum atomic E-state index is 12.4. The van der Waals surface area contributed by atoms with Crippen LogP contribution in [0.4, 0.5) is 0 Å². The van der Waals surface area contributed by atoms with Crippen LogP contribution in [0.2, 0.25) is 0 Å². The number of benzene rings is 2. The molecule has 0 spiro atoms. The molecule has 0 atom stereocenters. The van der Waals surface area contributed by atoms with Crippen LogP contribution in [0.5, 0.6) is 0 Å². The van der Waals surface area contributed by atoms with Crippen molar-refractivity contribution in [3.8, 4) is 0 Å². The fourth-order valence-electron chi connectivity index (χ4n) is 2.30. The highest BCUT2D eigenvalue weighted by atomic mass is 16.3. The average Bonchev–Trinajstić information content (AvgIpc) is 2.38. The van der Waals surface area contributed by atoms with Crippen LogP contribution < -0.4 is 5.43 Å². The lowest BCUT2D eigenvalue weighted by atomic mass is 10.00. The average molecular weight is 238 g/mol. The molecule has 0 aliphatic heterocycles. The van der Waals surface area contributed by atoms with Gasteiger partial charge in [0.15, 0.2) is 0 Å². The van der Waals surface area contributed by atoms with Gasteiger partial charge in [0, 0.05) is 0 Å². The van der Waals surface area contributed by atoms with Crippen LogP contribution in [0.15, 0.2) is 51.7 Å². The van der Waals surface area contributed by atoms with Gasteiger partial charge in [0.2, 0.25) is 5.43 Å². The van der Waals surface area contributed by atoms with Crippen molar-refractivity contribution in [3.63, 3.8) is 0 Å². The standard InChI is InChI=1S/C16H14O2/c1-10(2)11-7-5-8-13-15(17)12-6-3-4-9-14(12)18-16(11)13/h3-10H,1-2H3. The van der Waals surface area contributed by atoms with E-state index in [1.165, 1.54) is 0 Å². The molecule has 0 unspecified atom stereocenters. The maximum absolute atomic E-state index is 12.4. The van der Waals surface area contributed by atoms with Crippen LogP contribution in [-0.2, 0) is 0 Å². The zero-order valence-corrected chi connectivity index (χ0v) is 10.4. The summed E-state index contributed by atoms with van der Waals surface area (Å²) in [4.78, 5) is 12.4. The highest BCUT2D eigenvalue weighted by Gasteiger charge is 2.12. The predicted octanol–water partition coefficient (Wildman–Crippen LogP) is 4.07. The number of rotatable bonds is 1. The second kappa shape index (κ2) is 3.98.